The number of Topliss-reactive ketones (excluding diaryl/α,β-unsaturated/α-hetero) is 1. The van der Waals surface area contributed by atoms with Crippen molar-refractivity contribution in [2.24, 2.45) is 0 Å². The summed E-state index contributed by atoms with van der Waals surface area (Å²) in [6.45, 7) is 6.57. The Labute approximate surface area is 199 Å². The lowest BCUT2D eigenvalue weighted by Crippen LogP contribution is -3.14. The van der Waals surface area contributed by atoms with Gasteiger partial charge in [-0.25, -0.2) is 0 Å². The second-order valence-corrected chi connectivity index (χ2v) is 8.55. The molecule has 0 spiro atoms. The SMILES string of the molecule is CCCOc1ccc(C([O-])=C2C(=O)C(=O)N(CC[NH+]3CCOCC3)C2c2ccc(O)cc2)cc1. The number of likely N-dealkylation sites (tertiary alicyclic amines) is 1. The van der Waals surface area contributed by atoms with Gasteiger partial charge in [-0.2, -0.15) is 0 Å². The predicted molar refractivity (Wildman–Crippen MR) is 123 cm³/mol. The van der Waals surface area contributed by atoms with Gasteiger partial charge in [-0.1, -0.05) is 36.9 Å². The summed E-state index contributed by atoms with van der Waals surface area (Å²) in [5.41, 5.74) is 0.875. The molecule has 0 bridgehead atoms. The number of carbonyl (C=O) groups excluding carboxylic acids is 2. The standard InChI is InChI=1S/C26H30N2O6/c1-2-15-34-21-9-5-19(6-10-21)24(30)22-23(18-3-7-20(29)8-4-18)28(26(32)25(22)31)12-11-27-13-16-33-17-14-27/h3-10,23,29-30H,2,11-17H2,1H3. The van der Waals surface area contributed by atoms with Gasteiger partial charge in [0.05, 0.1) is 39.0 Å². The van der Waals surface area contributed by atoms with E-state index >= 15 is 0 Å². The summed E-state index contributed by atoms with van der Waals surface area (Å²) in [7, 11) is 0. The van der Waals surface area contributed by atoms with Crippen molar-refractivity contribution in [2.75, 3.05) is 46.0 Å². The Morgan fingerprint density at radius 2 is 1.79 bits per heavy atom. The number of phenols is 1. The maximum Gasteiger partial charge on any atom is 0.295 e. The van der Waals surface area contributed by atoms with Crippen LogP contribution in [0.15, 0.2) is 54.1 Å². The number of hydrogen-bond acceptors (Lipinski definition) is 6. The molecule has 0 aromatic heterocycles. The largest absolute Gasteiger partial charge is 0.872 e. The third-order valence-corrected chi connectivity index (χ3v) is 6.23. The lowest BCUT2D eigenvalue weighted by atomic mass is 9.95. The van der Waals surface area contributed by atoms with Crippen LogP contribution < -0.4 is 14.7 Å². The molecule has 2 aliphatic heterocycles. The fraction of sp³-hybridized carbons (Fsp3) is 0.385. The quantitative estimate of drug-likeness (QED) is 0.330. The number of rotatable bonds is 8. The van der Waals surface area contributed by atoms with Crippen LogP contribution in [0.5, 0.6) is 11.5 Å². The maximum absolute atomic E-state index is 13.5. The summed E-state index contributed by atoms with van der Waals surface area (Å²) in [6, 6.07) is 12.1. The Bertz CT molecular complexity index is 1040. The predicted octanol–water partition coefficient (Wildman–Crippen LogP) is 0.320. The molecule has 2 saturated heterocycles. The van der Waals surface area contributed by atoms with Crippen LogP contribution in [0.1, 0.15) is 30.5 Å². The average Bonchev–Trinajstić information content (AvgIpc) is 3.12. The lowest BCUT2D eigenvalue weighted by Gasteiger charge is -2.30. The number of phenolic OH excluding ortho intramolecular Hbond substituents is 1. The minimum absolute atomic E-state index is 0.0603. The van der Waals surface area contributed by atoms with Crippen LogP contribution in [0.4, 0.5) is 0 Å². The number of aromatic hydroxyl groups is 1. The summed E-state index contributed by atoms with van der Waals surface area (Å²) in [5, 5.41) is 23.2. The first kappa shape index (κ1) is 23.8. The van der Waals surface area contributed by atoms with E-state index < -0.39 is 23.5 Å². The number of ether oxygens (including phenoxy) is 2. The van der Waals surface area contributed by atoms with E-state index in [2.05, 4.69) is 0 Å². The molecule has 34 heavy (non-hydrogen) atoms. The van der Waals surface area contributed by atoms with E-state index in [1.165, 1.54) is 21.9 Å². The van der Waals surface area contributed by atoms with Gasteiger partial charge in [-0.15, -0.1) is 0 Å². The van der Waals surface area contributed by atoms with Gasteiger partial charge in [0.15, 0.2) is 0 Å². The molecule has 1 amide bonds. The minimum atomic E-state index is -0.801. The van der Waals surface area contributed by atoms with E-state index in [0.717, 1.165) is 19.5 Å². The van der Waals surface area contributed by atoms with Gasteiger partial charge in [0.25, 0.3) is 5.91 Å². The molecule has 2 aliphatic rings. The number of nitrogens with zero attached hydrogens (tertiary/aromatic N) is 1. The lowest BCUT2D eigenvalue weighted by molar-refractivity contribution is -0.907. The molecule has 2 aromatic rings. The highest BCUT2D eigenvalue weighted by atomic mass is 16.5. The summed E-state index contributed by atoms with van der Waals surface area (Å²) < 4.78 is 11.0. The summed E-state index contributed by atoms with van der Waals surface area (Å²) in [6.07, 6.45) is 0.867. The van der Waals surface area contributed by atoms with Gasteiger partial charge in [0.1, 0.15) is 24.6 Å². The number of morpholine rings is 1. The Balaban J connectivity index is 1.67. The number of quaternary nitrogens is 1. The third-order valence-electron chi connectivity index (χ3n) is 6.23. The fourth-order valence-corrected chi connectivity index (χ4v) is 4.37. The molecule has 2 aromatic carbocycles. The van der Waals surface area contributed by atoms with Crippen LogP contribution in [0.2, 0.25) is 0 Å². The number of amides is 1. The summed E-state index contributed by atoms with van der Waals surface area (Å²) >= 11 is 0. The van der Waals surface area contributed by atoms with Crippen LogP contribution in [-0.4, -0.2) is 67.7 Å². The topological polar surface area (TPSA) is 104 Å². The molecule has 2 fully saturated rings. The van der Waals surface area contributed by atoms with E-state index in [0.29, 0.717) is 49.8 Å². The van der Waals surface area contributed by atoms with Gasteiger partial charge in [-0.3, -0.25) is 9.59 Å². The van der Waals surface area contributed by atoms with Crippen LogP contribution in [-0.2, 0) is 14.3 Å². The third kappa shape index (κ3) is 5.08. The van der Waals surface area contributed by atoms with Crippen molar-refractivity contribution in [1.29, 1.82) is 0 Å². The first-order valence-corrected chi connectivity index (χ1v) is 11.7. The van der Waals surface area contributed by atoms with Crippen molar-refractivity contribution >= 4 is 17.4 Å². The first-order valence-electron chi connectivity index (χ1n) is 11.7. The number of carbonyl (C=O) groups is 2. The number of ketones is 1. The molecule has 4 rings (SSSR count). The van der Waals surface area contributed by atoms with Crippen molar-refractivity contribution < 1.29 is 34.2 Å². The monoisotopic (exact) mass is 466 g/mol. The van der Waals surface area contributed by atoms with E-state index in [9.17, 15) is 19.8 Å². The van der Waals surface area contributed by atoms with E-state index in [1.54, 1.807) is 36.4 Å². The Morgan fingerprint density at radius 3 is 2.44 bits per heavy atom. The summed E-state index contributed by atoms with van der Waals surface area (Å²) in [4.78, 5) is 28.9. The number of nitrogens with one attached hydrogen (secondary N) is 1. The van der Waals surface area contributed by atoms with Crippen molar-refractivity contribution in [2.45, 2.75) is 19.4 Å². The van der Waals surface area contributed by atoms with Crippen LogP contribution in [0.3, 0.4) is 0 Å². The first-order chi connectivity index (χ1) is 16.5. The van der Waals surface area contributed by atoms with Crippen molar-refractivity contribution in [3.8, 4) is 11.5 Å². The zero-order chi connectivity index (χ0) is 24.1. The smallest absolute Gasteiger partial charge is 0.295 e. The molecule has 8 heteroatoms. The van der Waals surface area contributed by atoms with Crippen molar-refractivity contribution in [3.05, 3.63) is 65.2 Å². The van der Waals surface area contributed by atoms with Crippen molar-refractivity contribution in [3.63, 3.8) is 0 Å². The van der Waals surface area contributed by atoms with E-state index in [1.807, 2.05) is 6.92 Å². The highest BCUT2D eigenvalue weighted by Gasteiger charge is 2.44. The Hall–Kier alpha value is -3.36. The molecule has 0 aliphatic carbocycles. The number of hydrogen-bond donors (Lipinski definition) is 2. The normalized spacial score (nSPS) is 20.6. The molecule has 0 radical (unpaired) electrons. The molecular formula is C26H30N2O6. The van der Waals surface area contributed by atoms with E-state index in [4.69, 9.17) is 9.47 Å². The Kier molecular flexibility index (Phi) is 7.49. The van der Waals surface area contributed by atoms with Gasteiger partial charge in [0.2, 0.25) is 5.78 Å². The average molecular weight is 467 g/mol. The highest BCUT2D eigenvalue weighted by molar-refractivity contribution is 6.46. The van der Waals surface area contributed by atoms with Gasteiger partial charge >= 0.3 is 0 Å². The fourth-order valence-electron chi connectivity index (χ4n) is 4.37. The maximum atomic E-state index is 13.5. The molecule has 8 nitrogen and oxygen atoms in total. The molecule has 1 unspecified atom stereocenters. The van der Waals surface area contributed by atoms with Crippen LogP contribution in [0.25, 0.3) is 5.76 Å². The van der Waals surface area contributed by atoms with Gasteiger partial charge in [0, 0.05) is 5.57 Å². The highest BCUT2D eigenvalue weighted by Crippen LogP contribution is 2.38. The Morgan fingerprint density at radius 1 is 1.12 bits per heavy atom. The van der Waals surface area contributed by atoms with Gasteiger partial charge in [-0.05, 0) is 41.8 Å². The van der Waals surface area contributed by atoms with Crippen LogP contribution in [0, 0.1) is 0 Å². The molecule has 1 atom stereocenters. The zero-order valence-electron chi connectivity index (χ0n) is 19.3. The van der Waals surface area contributed by atoms with Crippen LogP contribution >= 0.6 is 0 Å². The molecule has 2 heterocycles. The van der Waals surface area contributed by atoms with Crippen molar-refractivity contribution in [1.82, 2.24) is 4.90 Å². The molecular weight excluding hydrogens is 436 g/mol. The molecule has 0 saturated carbocycles. The summed E-state index contributed by atoms with van der Waals surface area (Å²) in [5.74, 6) is -1.20. The second-order valence-electron chi connectivity index (χ2n) is 8.55. The molecule has 180 valence electrons. The van der Waals surface area contributed by atoms with Gasteiger partial charge < -0.3 is 29.5 Å². The zero-order valence-corrected chi connectivity index (χ0v) is 19.3. The number of benzene rings is 2. The second kappa shape index (κ2) is 10.7. The molecule has 2 N–H and O–H groups in total. The van der Waals surface area contributed by atoms with E-state index in [-0.39, 0.29) is 11.3 Å². The minimum Gasteiger partial charge on any atom is -0.872 e.